The number of nitrogens with one attached hydrogen (secondary N) is 1. The first kappa shape index (κ1) is 13.3. The molecule has 0 unspecified atom stereocenters. The second-order valence-electron chi connectivity index (χ2n) is 4.50. The van der Waals surface area contributed by atoms with E-state index in [9.17, 15) is 0 Å². The molecule has 0 radical (unpaired) electrons. The molecule has 1 aliphatic rings. The molecule has 0 saturated heterocycles. The van der Waals surface area contributed by atoms with Crippen LogP contribution in [0.5, 0.6) is 0 Å². The second kappa shape index (κ2) is 7.49. The van der Waals surface area contributed by atoms with Gasteiger partial charge in [-0.05, 0) is 32.1 Å². The molecular weight excluding hydrogens is 202 g/mol. The van der Waals surface area contributed by atoms with Crippen LogP contribution in [0.2, 0.25) is 0 Å². The summed E-state index contributed by atoms with van der Waals surface area (Å²) in [7, 11) is 4.01. The maximum atomic E-state index is 5.56. The van der Waals surface area contributed by atoms with Gasteiger partial charge < -0.3 is 15.0 Å². The number of ether oxygens (including phenoxy) is 1. The molecule has 0 heterocycles. The molecule has 0 aromatic rings. The Morgan fingerprint density at radius 3 is 2.75 bits per heavy atom. The van der Waals surface area contributed by atoms with Crippen LogP contribution in [0.15, 0.2) is 4.99 Å². The molecule has 1 fully saturated rings. The van der Waals surface area contributed by atoms with Gasteiger partial charge in [0.2, 0.25) is 0 Å². The van der Waals surface area contributed by atoms with Crippen molar-refractivity contribution in [3.05, 3.63) is 0 Å². The zero-order valence-corrected chi connectivity index (χ0v) is 10.8. The Hall–Kier alpha value is -0.770. The summed E-state index contributed by atoms with van der Waals surface area (Å²) in [5.74, 6) is 1.83. The van der Waals surface area contributed by atoms with Crippen LogP contribution >= 0.6 is 0 Å². The molecule has 1 N–H and O–H groups in total. The van der Waals surface area contributed by atoms with E-state index >= 15 is 0 Å². The van der Waals surface area contributed by atoms with E-state index in [1.165, 1.54) is 12.8 Å². The lowest BCUT2D eigenvalue weighted by Crippen LogP contribution is -2.36. The molecule has 1 rings (SSSR count). The summed E-state index contributed by atoms with van der Waals surface area (Å²) in [5, 5.41) is 3.24. The third-order valence-corrected chi connectivity index (χ3v) is 2.52. The Morgan fingerprint density at radius 1 is 1.44 bits per heavy atom. The minimum atomic E-state index is 0.838. The van der Waals surface area contributed by atoms with Crippen LogP contribution < -0.4 is 5.32 Å². The maximum Gasteiger partial charge on any atom is 0.193 e. The number of guanidine groups is 1. The average Bonchev–Trinajstić information content (AvgIpc) is 3.05. The largest absolute Gasteiger partial charge is 0.381 e. The molecular formula is C12H25N3O. The molecule has 94 valence electrons. The first-order valence-electron chi connectivity index (χ1n) is 6.27. The van der Waals surface area contributed by atoms with Gasteiger partial charge in [-0.3, -0.25) is 4.99 Å². The predicted molar refractivity (Wildman–Crippen MR) is 67.8 cm³/mol. The third-order valence-electron chi connectivity index (χ3n) is 2.52. The summed E-state index contributed by atoms with van der Waals surface area (Å²) < 4.78 is 5.56. The fourth-order valence-corrected chi connectivity index (χ4v) is 1.40. The normalized spacial score (nSPS) is 16.3. The monoisotopic (exact) mass is 227 g/mol. The fraction of sp³-hybridized carbons (Fsp3) is 0.917. The van der Waals surface area contributed by atoms with E-state index in [-0.39, 0.29) is 0 Å². The van der Waals surface area contributed by atoms with Crippen molar-refractivity contribution in [1.29, 1.82) is 0 Å². The first-order chi connectivity index (χ1) is 7.74. The van der Waals surface area contributed by atoms with Crippen LogP contribution in [0.3, 0.4) is 0 Å². The summed E-state index contributed by atoms with van der Waals surface area (Å²) >= 11 is 0. The number of rotatable bonds is 7. The highest BCUT2D eigenvalue weighted by Gasteiger charge is 2.20. The predicted octanol–water partition coefficient (Wildman–Crippen LogP) is 1.33. The quantitative estimate of drug-likeness (QED) is 0.405. The average molecular weight is 227 g/mol. The van der Waals surface area contributed by atoms with Crippen molar-refractivity contribution in [2.45, 2.75) is 26.2 Å². The fourth-order valence-electron chi connectivity index (χ4n) is 1.40. The van der Waals surface area contributed by atoms with Crippen LogP contribution in [0.25, 0.3) is 0 Å². The van der Waals surface area contributed by atoms with Gasteiger partial charge in [0.15, 0.2) is 5.96 Å². The molecule has 0 aromatic carbocycles. The van der Waals surface area contributed by atoms with Crippen LogP contribution in [0, 0.1) is 5.92 Å². The summed E-state index contributed by atoms with van der Waals surface area (Å²) in [6.07, 6.45) is 3.74. The van der Waals surface area contributed by atoms with Gasteiger partial charge in [-0.15, -0.1) is 0 Å². The Morgan fingerprint density at radius 2 is 2.19 bits per heavy atom. The van der Waals surface area contributed by atoms with Crippen LogP contribution in [-0.2, 0) is 4.74 Å². The van der Waals surface area contributed by atoms with Gasteiger partial charge >= 0.3 is 0 Å². The maximum absolute atomic E-state index is 5.56. The van der Waals surface area contributed by atoms with Gasteiger partial charge in [-0.2, -0.15) is 0 Å². The number of hydrogen-bond donors (Lipinski definition) is 1. The number of hydrogen-bond acceptors (Lipinski definition) is 2. The van der Waals surface area contributed by atoms with Gasteiger partial charge in [0, 0.05) is 40.4 Å². The van der Waals surface area contributed by atoms with Gasteiger partial charge in [-0.1, -0.05) is 0 Å². The standard InChI is InChI=1S/C12H25N3O/c1-4-13-12(15(2)3)14-8-5-9-16-10-11-6-7-11/h11H,4-10H2,1-3H3,(H,13,14). The lowest BCUT2D eigenvalue weighted by atomic mass is 10.4. The van der Waals surface area contributed by atoms with E-state index < -0.39 is 0 Å². The van der Waals surface area contributed by atoms with Crippen LogP contribution in [0.4, 0.5) is 0 Å². The van der Waals surface area contributed by atoms with E-state index in [1.807, 2.05) is 19.0 Å². The molecule has 0 spiro atoms. The lowest BCUT2D eigenvalue weighted by molar-refractivity contribution is 0.123. The summed E-state index contributed by atoms with van der Waals surface area (Å²) in [6, 6.07) is 0. The second-order valence-corrected chi connectivity index (χ2v) is 4.50. The Bertz CT molecular complexity index is 212. The molecule has 1 saturated carbocycles. The Balaban J connectivity index is 2.02. The van der Waals surface area contributed by atoms with Gasteiger partial charge in [0.25, 0.3) is 0 Å². The first-order valence-corrected chi connectivity index (χ1v) is 6.27. The summed E-state index contributed by atoms with van der Waals surface area (Å²) in [4.78, 5) is 6.51. The highest BCUT2D eigenvalue weighted by molar-refractivity contribution is 5.79. The van der Waals surface area contributed by atoms with Crippen molar-refractivity contribution in [1.82, 2.24) is 10.2 Å². The van der Waals surface area contributed by atoms with Crippen molar-refractivity contribution in [2.75, 3.05) is 40.4 Å². The van der Waals surface area contributed by atoms with E-state index in [4.69, 9.17) is 4.74 Å². The van der Waals surface area contributed by atoms with E-state index in [1.54, 1.807) is 0 Å². The summed E-state index contributed by atoms with van der Waals surface area (Å²) in [5.41, 5.74) is 0. The third kappa shape index (κ3) is 5.95. The van der Waals surface area contributed by atoms with Crippen LogP contribution in [0.1, 0.15) is 26.2 Å². The van der Waals surface area contributed by atoms with Crippen molar-refractivity contribution in [3.8, 4) is 0 Å². The molecule has 1 aliphatic carbocycles. The number of nitrogens with zero attached hydrogens (tertiary/aromatic N) is 2. The lowest BCUT2D eigenvalue weighted by Gasteiger charge is -2.16. The van der Waals surface area contributed by atoms with E-state index in [2.05, 4.69) is 17.2 Å². The minimum Gasteiger partial charge on any atom is -0.381 e. The topological polar surface area (TPSA) is 36.9 Å². The van der Waals surface area contributed by atoms with Gasteiger partial charge in [0.1, 0.15) is 0 Å². The molecule has 0 aromatic heterocycles. The molecule has 0 bridgehead atoms. The van der Waals surface area contributed by atoms with Crippen molar-refractivity contribution in [3.63, 3.8) is 0 Å². The van der Waals surface area contributed by atoms with Crippen LogP contribution in [-0.4, -0.2) is 51.3 Å². The van der Waals surface area contributed by atoms with E-state index in [0.29, 0.717) is 0 Å². The zero-order valence-electron chi connectivity index (χ0n) is 10.8. The SMILES string of the molecule is CCNC(=NCCCOCC1CC1)N(C)C. The molecule has 16 heavy (non-hydrogen) atoms. The molecule has 0 amide bonds. The molecule has 0 atom stereocenters. The summed E-state index contributed by atoms with van der Waals surface area (Å²) in [6.45, 7) is 5.63. The number of aliphatic imine (C=N–C) groups is 1. The zero-order chi connectivity index (χ0) is 11.8. The molecule has 4 nitrogen and oxygen atoms in total. The van der Waals surface area contributed by atoms with Crippen molar-refractivity contribution >= 4 is 5.96 Å². The van der Waals surface area contributed by atoms with E-state index in [0.717, 1.165) is 44.6 Å². The van der Waals surface area contributed by atoms with Crippen molar-refractivity contribution < 1.29 is 4.74 Å². The minimum absolute atomic E-state index is 0.838. The van der Waals surface area contributed by atoms with Gasteiger partial charge in [-0.25, -0.2) is 0 Å². The highest BCUT2D eigenvalue weighted by atomic mass is 16.5. The highest BCUT2D eigenvalue weighted by Crippen LogP contribution is 2.28. The van der Waals surface area contributed by atoms with Gasteiger partial charge in [0.05, 0.1) is 0 Å². The molecule has 0 aliphatic heterocycles. The van der Waals surface area contributed by atoms with Crippen molar-refractivity contribution in [2.24, 2.45) is 10.9 Å². The smallest absolute Gasteiger partial charge is 0.193 e. The Labute approximate surface area is 99.1 Å². The Kier molecular flexibility index (Phi) is 6.23. The molecule has 4 heteroatoms.